The van der Waals surface area contributed by atoms with E-state index in [2.05, 4.69) is 28.7 Å². The summed E-state index contributed by atoms with van der Waals surface area (Å²) in [5.41, 5.74) is 1.02. The van der Waals surface area contributed by atoms with Crippen LogP contribution < -0.4 is 10.1 Å². The molecule has 31 heavy (non-hydrogen) atoms. The number of hydrogen-bond acceptors (Lipinski definition) is 5. The fraction of sp³-hybridized carbons (Fsp3) is 0.524. The molecule has 0 saturated heterocycles. The molecule has 0 radical (unpaired) electrons. The summed E-state index contributed by atoms with van der Waals surface area (Å²) in [4.78, 5) is 17.0. The lowest BCUT2D eigenvalue weighted by molar-refractivity contribution is -0.137. The van der Waals surface area contributed by atoms with Gasteiger partial charge >= 0.3 is 6.18 Å². The lowest BCUT2D eigenvalue weighted by Crippen LogP contribution is -2.17. The minimum atomic E-state index is -4.53. The average molecular weight is 460 g/mol. The lowest BCUT2D eigenvalue weighted by Gasteiger charge is -2.15. The zero-order chi connectivity index (χ0) is 23.2. The maximum Gasteiger partial charge on any atom is 0.416 e. The van der Waals surface area contributed by atoms with Crippen LogP contribution in [0.5, 0.6) is 5.75 Å². The van der Waals surface area contributed by atoms with Crippen LogP contribution in [0.2, 0.25) is 0 Å². The second-order valence-electron chi connectivity index (χ2n) is 7.46. The number of imidazole rings is 1. The quantitative estimate of drug-likeness (QED) is 0.403. The van der Waals surface area contributed by atoms with Crippen molar-refractivity contribution in [2.24, 2.45) is 5.92 Å². The molecule has 0 spiro atoms. The van der Waals surface area contributed by atoms with Crippen LogP contribution in [0.3, 0.4) is 0 Å². The fourth-order valence-corrected chi connectivity index (χ4v) is 3.70. The smallest absolute Gasteiger partial charge is 0.416 e. The molecule has 2 rings (SSSR count). The Bertz CT molecular complexity index is 898. The van der Waals surface area contributed by atoms with Crippen molar-refractivity contribution >= 4 is 23.4 Å². The van der Waals surface area contributed by atoms with E-state index in [1.165, 1.54) is 24.9 Å². The number of ether oxygens (including phenoxy) is 2. The highest BCUT2D eigenvalue weighted by molar-refractivity contribution is 7.99. The van der Waals surface area contributed by atoms with Crippen molar-refractivity contribution in [1.82, 2.24) is 9.55 Å². The number of nitrogens with zero attached hydrogens (tertiary/aromatic N) is 2. The van der Waals surface area contributed by atoms with E-state index < -0.39 is 17.6 Å². The zero-order valence-corrected chi connectivity index (χ0v) is 19.1. The number of halogens is 3. The van der Waals surface area contributed by atoms with E-state index in [4.69, 9.17) is 9.47 Å². The SMILES string of the molecule is COCCOc1ccc(C(F)(F)F)cc1NC(=O)CSc1nc(C)c(C)n1CC(C)C. The molecule has 6 nitrogen and oxygen atoms in total. The molecule has 172 valence electrons. The molecule has 1 heterocycles. The standard InChI is InChI=1S/C21H28F3N3O3S/c1-13(2)11-27-15(4)14(3)25-20(27)31-12-19(28)26-17-10-16(21(22,23)24)6-7-18(17)30-9-8-29-5/h6-7,10,13H,8-9,11-12H2,1-5H3,(H,26,28). The Kier molecular flexibility index (Phi) is 8.81. The molecule has 1 aromatic heterocycles. The highest BCUT2D eigenvalue weighted by atomic mass is 32.2. The highest BCUT2D eigenvalue weighted by Gasteiger charge is 2.31. The summed E-state index contributed by atoms with van der Waals surface area (Å²) in [7, 11) is 1.49. The number of rotatable bonds is 10. The Morgan fingerprint density at radius 2 is 1.97 bits per heavy atom. The summed E-state index contributed by atoms with van der Waals surface area (Å²) >= 11 is 1.25. The second-order valence-corrected chi connectivity index (χ2v) is 8.40. The number of benzene rings is 1. The molecule has 1 N–H and O–H groups in total. The van der Waals surface area contributed by atoms with E-state index in [0.717, 1.165) is 30.1 Å². The largest absolute Gasteiger partial charge is 0.489 e. The number of alkyl halides is 3. The molecular weight excluding hydrogens is 431 g/mol. The van der Waals surface area contributed by atoms with Gasteiger partial charge in [0.1, 0.15) is 12.4 Å². The van der Waals surface area contributed by atoms with Crippen LogP contribution in [0.15, 0.2) is 23.4 Å². The minimum absolute atomic E-state index is 0.00173. The molecule has 2 aromatic rings. The number of nitrogens with one attached hydrogen (secondary N) is 1. The van der Waals surface area contributed by atoms with Gasteiger partial charge in [0.05, 0.1) is 29.3 Å². The van der Waals surface area contributed by atoms with E-state index in [9.17, 15) is 18.0 Å². The minimum Gasteiger partial charge on any atom is -0.489 e. The Balaban J connectivity index is 2.14. The van der Waals surface area contributed by atoms with Gasteiger partial charge in [0.25, 0.3) is 0 Å². The monoisotopic (exact) mass is 459 g/mol. The number of thioether (sulfide) groups is 1. The molecular formula is C21H28F3N3O3S. The molecule has 0 aliphatic heterocycles. The molecule has 0 fully saturated rings. The van der Waals surface area contributed by atoms with Crippen molar-refractivity contribution < 1.29 is 27.4 Å². The Labute approximate surface area is 184 Å². The molecule has 0 bridgehead atoms. The molecule has 0 saturated carbocycles. The van der Waals surface area contributed by atoms with Crippen LogP contribution in [0.4, 0.5) is 18.9 Å². The van der Waals surface area contributed by atoms with E-state index in [1.807, 2.05) is 13.8 Å². The van der Waals surface area contributed by atoms with Gasteiger partial charge in [0, 0.05) is 19.3 Å². The maximum atomic E-state index is 13.1. The normalized spacial score (nSPS) is 11.8. The highest BCUT2D eigenvalue weighted by Crippen LogP contribution is 2.35. The van der Waals surface area contributed by atoms with Gasteiger partial charge in [0.15, 0.2) is 5.16 Å². The zero-order valence-electron chi connectivity index (χ0n) is 18.3. The molecule has 10 heteroatoms. The van der Waals surface area contributed by atoms with Crippen LogP contribution in [-0.4, -0.2) is 41.5 Å². The van der Waals surface area contributed by atoms with Crippen LogP contribution in [-0.2, 0) is 22.3 Å². The van der Waals surface area contributed by atoms with Crippen molar-refractivity contribution in [2.75, 3.05) is 31.4 Å². The van der Waals surface area contributed by atoms with Gasteiger partial charge in [-0.3, -0.25) is 4.79 Å². The van der Waals surface area contributed by atoms with Crippen molar-refractivity contribution in [3.05, 3.63) is 35.2 Å². The third kappa shape index (κ3) is 7.17. The summed E-state index contributed by atoms with van der Waals surface area (Å²) in [5.74, 6) is 0.103. The van der Waals surface area contributed by atoms with Crippen molar-refractivity contribution in [3.8, 4) is 5.75 Å². The fourth-order valence-electron chi connectivity index (χ4n) is 2.80. The third-order valence-corrected chi connectivity index (χ3v) is 5.41. The summed E-state index contributed by atoms with van der Waals surface area (Å²) in [6, 6.07) is 2.99. The number of aryl methyl sites for hydroxylation is 1. The van der Waals surface area contributed by atoms with Gasteiger partial charge in [-0.1, -0.05) is 25.6 Å². The van der Waals surface area contributed by atoms with E-state index in [1.54, 1.807) is 0 Å². The van der Waals surface area contributed by atoms with E-state index >= 15 is 0 Å². The topological polar surface area (TPSA) is 65.4 Å². The Morgan fingerprint density at radius 1 is 1.26 bits per heavy atom. The van der Waals surface area contributed by atoms with Crippen LogP contribution in [0.1, 0.15) is 30.8 Å². The number of methoxy groups -OCH3 is 1. The molecule has 1 aromatic carbocycles. The first-order chi connectivity index (χ1) is 14.5. The van der Waals surface area contributed by atoms with Gasteiger partial charge < -0.3 is 19.4 Å². The van der Waals surface area contributed by atoms with Crippen LogP contribution in [0, 0.1) is 19.8 Å². The summed E-state index contributed by atoms with van der Waals surface area (Å²) in [6.45, 7) is 9.24. The molecule has 0 aliphatic rings. The average Bonchev–Trinajstić information content (AvgIpc) is 2.94. The number of aromatic nitrogens is 2. The first-order valence-electron chi connectivity index (χ1n) is 9.82. The van der Waals surface area contributed by atoms with Crippen molar-refractivity contribution in [3.63, 3.8) is 0 Å². The first-order valence-corrected chi connectivity index (χ1v) is 10.8. The predicted molar refractivity (Wildman–Crippen MR) is 115 cm³/mol. The summed E-state index contributed by atoms with van der Waals surface area (Å²) in [6.07, 6.45) is -4.53. The molecule has 1 amide bonds. The first kappa shape index (κ1) is 25.1. The van der Waals surface area contributed by atoms with E-state index in [-0.39, 0.29) is 30.4 Å². The van der Waals surface area contributed by atoms with Crippen LogP contribution >= 0.6 is 11.8 Å². The van der Waals surface area contributed by atoms with Gasteiger partial charge in [0.2, 0.25) is 5.91 Å². The maximum absolute atomic E-state index is 13.1. The number of hydrogen-bond donors (Lipinski definition) is 1. The third-order valence-electron chi connectivity index (χ3n) is 4.43. The number of anilines is 1. The molecule has 0 atom stereocenters. The van der Waals surface area contributed by atoms with Gasteiger partial charge in [-0.05, 0) is 38.0 Å². The predicted octanol–water partition coefficient (Wildman–Crippen LogP) is 4.93. The Hall–Kier alpha value is -2.20. The Morgan fingerprint density at radius 3 is 2.58 bits per heavy atom. The second kappa shape index (κ2) is 10.9. The van der Waals surface area contributed by atoms with Gasteiger partial charge in [-0.25, -0.2) is 4.98 Å². The van der Waals surface area contributed by atoms with Crippen LogP contribution in [0.25, 0.3) is 0 Å². The summed E-state index contributed by atoms with van der Waals surface area (Å²) in [5, 5.41) is 3.25. The van der Waals surface area contributed by atoms with Gasteiger partial charge in [-0.2, -0.15) is 13.2 Å². The van der Waals surface area contributed by atoms with E-state index in [0.29, 0.717) is 11.1 Å². The lowest BCUT2D eigenvalue weighted by atomic mass is 10.1. The van der Waals surface area contributed by atoms with Crippen molar-refractivity contribution in [2.45, 2.75) is 45.6 Å². The molecule has 0 unspecified atom stereocenters. The van der Waals surface area contributed by atoms with Crippen molar-refractivity contribution in [1.29, 1.82) is 0 Å². The number of carbonyl (C=O) groups is 1. The number of amides is 1. The summed E-state index contributed by atoms with van der Waals surface area (Å²) < 4.78 is 51.8. The molecule has 0 aliphatic carbocycles. The van der Waals surface area contributed by atoms with Gasteiger partial charge in [-0.15, -0.1) is 0 Å². The number of carbonyl (C=O) groups excluding carboxylic acids is 1.